The molecule has 180 valence electrons. The molecule has 1 fully saturated rings. The van der Waals surface area contributed by atoms with Crippen LogP contribution >= 0.6 is 11.8 Å². The zero-order valence-corrected chi connectivity index (χ0v) is 21.0. The number of methoxy groups -OCH3 is 1. The number of aryl methyl sites for hydroxylation is 2. The minimum atomic E-state index is -1.11. The number of hydrogen-bond acceptors (Lipinski definition) is 4. The lowest BCUT2D eigenvalue weighted by molar-refractivity contribution is -0.123. The number of urea groups is 1. The molecule has 3 aromatic carbocycles. The van der Waals surface area contributed by atoms with Gasteiger partial charge in [-0.05, 0) is 43.2 Å². The van der Waals surface area contributed by atoms with E-state index in [0.717, 1.165) is 27.9 Å². The first kappa shape index (κ1) is 23.3. The molecule has 0 aromatic heterocycles. The van der Waals surface area contributed by atoms with Gasteiger partial charge in [0.05, 0.1) is 19.3 Å². The molecule has 1 spiro atoms. The van der Waals surface area contributed by atoms with Crippen molar-refractivity contribution in [3.63, 3.8) is 0 Å². The fourth-order valence-corrected chi connectivity index (χ4v) is 6.30. The second kappa shape index (κ2) is 9.30. The van der Waals surface area contributed by atoms with Crippen molar-refractivity contribution < 1.29 is 14.3 Å². The molecule has 3 aromatic rings. The van der Waals surface area contributed by atoms with Crippen molar-refractivity contribution in [2.45, 2.75) is 31.8 Å². The van der Waals surface area contributed by atoms with E-state index in [1.54, 1.807) is 16.9 Å². The summed E-state index contributed by atoms with van der Waals surface area (Å²) < 4.78 is 5.50. The molecule has 6 nitrogen and oxygen atoms in total. The summed E-state index contributed by atoms with van der Waals surface area (Å²) in [4.78, 5) is 30.0. The van der Waals surface area contributed by atoms with Crippen LogP contribution in [0.2, 0.25) is 0 Å². The van der Waals surface area contributed by atoms with E-state index in [0.29, 0.717) is 31.1 Å². The molecular weight excluding hydrogens is 458 g/mol. The fourth-order valence-electron chi connectivity index (χ4n) is 4.85. The van der Waals surface area contributed by atoms with E-state index in [-0.39, 0.29) is 11.9 Å². The molecule has 0 aliphatic carbocycles. The quantitative estimate of drug-likeness (QED) is 0.552. The number of ether oxygens (including phenoxy) is 1. The molecule has 2 heterocycles. The molecule has 0 saturated carbocycles. The van der Waals surface area contributed by atoms with Crippen molar-refractivity contribution in [3.05, 3.63) is 94.5 Å². The van der Waals surface area contributed by atoms with Gasteiger partial charge in [-0.15, -0.1) is 11.8 Å². The Balaban J connectivity index is 1.48. The Morgan fingerprint density at radius 1 is 1.03 bits per heavy atom. The highest BCUT2D eigenvalue weighted by molar-refractivity contribution is 8.01. The van der Waals surface area contributed by atoms with Gasteiger partial charge in [-0.25, -0.2) is 4.79 Å². The molecule has 2 aliphatic heterocycles. The number of anilines is 1. The van der Waals surface area contributed by atoms with Crippen LogP contribution in [0, 0.1) is 13.8 Å². The lowest BCUT2D eigenvalue weighted by atomic mass is 10.1. The molecular formula is C28H29N3O3S. The highest BCUT2D eigenvalue weighted by atomic mass is 32.2. The van der Waals surface area contributed by atoms with Crippen molar-refractivity contribution in [3.8, 4) is 5.75 Å². The van der Waals surface area contributed by atoms with Crippen LogP contribution in [0.15, 0.2) is 66.7 Å². The molecule has 5 rings (SSSR count). The van der Waals surface area contributed by atoms with Crippen LogP contribution in [0.25, 0.3) is 0 Å². The van der Waals surface area contributed by atoms with Gasteiger partial charge in [0, 0.05) is 24.4 Å². The topological polar surface area (TPSA) is 61.9 Å². The van der Waals surface area contributed by atoms with Gasteiger partial charge in [-0.3, -0.25) is 9.69 Å². The summed E-state index contributed by atoms with van der Waals surface area (Å²) in [7, 11) is 1.61. The number of fused-ring (bicyclic) bond motifs is 2. The summed E-state index contributed by atoms with van der Waals surface area (Å²) in [6, 6.07) is 21.7. The zero-order valence-electron chi connectivity index (χ0n) is 20.2. The largest absolute Gasteiger partial charge is 0.497 e. The molecule has 3 amide bonds. The summed E-state index contributed by atoms with van der Waals surface area (Å²) in [5, 5.41) is 3.04. The van der Waals surface area contributed by atoms with Crippen LogP contribution in [-0.4, -0.2) is 36.2 Å². The van der Waals surface area contributed by atoms with Gasteiger partial charge in [0.15, 0.2) is 4.87 Å². The van der Waals surface area contributed by atoms with Crippen molar-refractivity contribution >= 4 is 29.4 Å². The van der Waals surface area contributed by atoms with E-state index in [1.807, 2.05) is 62.4 Å². The van der Waals surface area contributed by atoms with E-state index in [4.69, 9.17) is 4.74 Å². The number of nitrogens with zero attached hydrogens (tertiary/aromatic N) is 2. The first-order valence-electron chi connectivity index (χ1n) is 11.7. The molecule has 35 heavy (non-hydrogen) atoms. The molecule has 7 heteroatoms. The van der Waals surface area contributed by atoms with Gasteiger partial charge in [0.1, 0.15) is 5.75 Å². The zero-order chi connectivity index (χ0) is 24.6. The van der Waals surface area contributed by atoms with E-state index in [2.05, 4.69) is 23.5 Å². The predicted octanol–water partition coefficient (Wildman–Crippen LogP) is 4.97. The number of rotatable bonds is 5. The van der Waals surface area contributed by atoms with Crippen molar-refractivity contribution in [1.29, 1.82) is 0 Å². The summed E-state index contributed by atoms with van der Waals surface area (Å²) in [6.07, 6.45) is 0. The van der Waals surface area contributed by atoms with E-state index in [1.165, 1.54) is 17.3 Å². The van der Waals surface area contributed by atoms with Gasteiger partial charge in [-0.1, -0.05) is 59.7 Å². The Bertz CT molecular complexity index is 1280. The average Bonchev–Trinajstić information content (AvgIpc) is 3.41. The first-order chi connectivity index (χ1) is 16.9. The molecule has 1 unspecified atom stereocenters. The van der Waals surface area contributed by atoms with Crippen molar-refractivity contribution in [2.75, 3.05) is 24.3 Å². The second-order valence-corrected chi connectivity index (χ2v) is 10.3. The third kappa shape index (κ3) is 4.14. The van der Waals surface area contributed by atoms with Crippen LogP contribution in [0.3, 0.4) is 0 Å². The molecule has 2 aliphatic rings. The van der Waals surface area contributed by atoms with Gasteiger partial charge < -0.3 is 15.0 Å². The minimum absolute atomic E-state index is 0.0884. The van der Waals surface area contributed by atoms with Crippen molar-refractivity contribution in [2.24, 2.45) is 0 Å². The van der Waals surface area contributed by atoms with Crippen LogP contribution < -0.4 is 15.0 Å². The predicted molar refractivity (Wildman–Crippen MR) is 140 cm³/mol. The van der Waals surface area contributed by atoms with Crippen LogP contribution in [0.1, 0.15) is 27.8 Å². The number of benzene rings is 3. The molecule has 0 radical (unpaired) electrons. The smallest absolute Gasteiger partial charge is 0.319 e. The van der Waals surface area contributed by atoms with Gasteiger partial charge in [0.25, 0.3) is 5.91 Å². The maximum atomic E-state index is 14.1. The Labute approximate surface area is 210 Å². The third-order valence-electron chi connectivity index (χ3n) is 6.63. The average molecular weight is 488 g/mol. The summed E-state index contributed by atoms with van der Waals surface area (Å²) in [5.41, 5.74) is 6.01. The number of hydrogen-bond donors (Lipinski definition) is 1. The van der Waals surface area contributed by atoms with Gasteiger partial charge in [-0.2, -0.15) is 0 Å². The normalized spacial score (nSPS) is 18.8. The van der Waals surface area contributed by atoms with Crippen LogP contribution in [0.5, 0.6) is 5.75 Å². The number of carbonyl (C=O) groups excluding carboxylic acids is 2. The lowest BCUT2D eigenvalue weighted by Crippen LogP contribution is -2.53. The minimum Gasteiger partial charge on any atom is -0.497 e. The Kier molecular flexibility index (Phi) is 6.19. The van der Waals surface area contributed by atoms with E-state index in [9.17, 15) is 9.59 Å². The third-order valence-corrected chi connectivity index (χ3v) is 8.05. The van der Waals surface area contributed by atoms with Crippen LogP contribution in [-0.2, 0) is 22.8 Å². The molecule has 0 bridgehead atoms. The van der Waals surface area contributed by atoms with Crippen molar-refractivity contribution in [1.82, 2.24) is 10.2 Å². The standard InChI is InChI=1S/C28H29N3O3S/c1-19-7-9-21(10-8-19)18-30-25-12-11-23(34-3)16-24(25)28(26(30)32)31(13-14-35-28)27(33)29-17-22-6-4-5-20(2)15-22/h4-12,15-16H,13-14,17-18H2,1-3H3,(H,29,33). The fraction of sp³-hybridized carbons (Fsp3) is 0.286. The summed E-state index contributed by atoms with van der Waals surface area (Å²) in [6.45, 7) is 5.42. The van der Waals surface area contributed by atoms with Crippen LogP contribution in [0.4, 0.5) is 10.5 Å². The van der Waals surface area contributed by atoms with Gasteiger partial charge in [0.2, 0.25) is 0 Å². The first-order valence-corrected chi connectivity index (χ1v) is 12.7. The summed E-state index contributed by atoms with van der Waals surface area (Å²) in [5.74, 6) is 1.26. The maximum absolute atomic E-state index is 14.1. The highest BCUT2D eigenvalue weighted by Crippen LogP contribution is 2.55. The summed E-state index contributed by atoms with van der Waals surface area (Å²) >= 11 is 1.52. The van der Waals surface area contributed by atoms with Gasteiger partial charge >= 0.3 is 6.03 Å². The number of carbonyl (C=O) groups is 2. The molecule has 1 N–H and O–H groups in total. The Morgan fingerprint density at radius 2 is 1.83 bits per heavy atom. The second-order valence-electron chi connectivity index (χ2n) is 9.05. The number of amides is 3. The lowest BCUT2D eigenvalue weighted by Gasteiger charge is -2.33. The molecule has 1 saturated heterocycles. The van der Waals surface area contributed by atoms with E-state index < -0.39 is 4.87 Å². The van der Waals surface area contributed by atoms with E-state index >= 15 is 0 Å². The molecule has 1 atom stereocenters. The SMILES string of the molecule is COc1ccc2c(c1)C1(SCCN1C(=O)NCc1cccc(C)c1)C(=O)N2Cc1ccc(C)cc1. The maximum Gasteiger partial charge on any atom is 0.319 e. The number of thioether (sulfide) groups is 1. The monoisotopic (exact) mass is 487 g/mol. The Hall–Kier alpha value is -3.45. The highest BCUT2D eigenvalue weighted by Gasteiger charge is 2.59. The number of nitrogens with one attached hydrogen (secondary N) is 1. The Morgan fingerprint density at radius 3 is 2.57 bits per heavy atom.